The first-order chi connectivity index (χ1) is 12.1. The van der Waals surface area contributed by atoms with Crippen LogP contribution in [0.3, 0.4) is 0 Å². The molecule has 0 aromatic heterocycles. The van der Waals surface area contributed by atoms with Gasteiger partial charge in [-0.2, -0.15) is 0 Å². The van der Waals surface area contributed by atoms with Gasteiger partial charge in [-0.1, -0.05) is 44.6 Å². The van der Waals surface area contributed by atoms with Crippen LogP contribution in [0.2, 0.25) is 0 Å². The van der Waals surface area contributed by atoms with E-state index in [0.29, 0.717) is 23.0 Å². The van der Waals surface area contributed by atoms with Gasteiger partial charge in [-0.3, -0.25) is 0 Å². The summed E-state index contributed by atoms with van der Waals surface area (Å²) in [5.41, 5.74) is 1.03. The quantitative estimate of drug-likeness (QED) is 0.429. The van der Waals surface area contributed by atoms with Crippen LogP contribution in [0.4, 0.5) is 0 Å². The van der Waals surface area contributed by atoms with E-state index >= 15 is 0 Å². The minimum atomic E-state index is -0.592. The Morgan fingerprint density at radius 1 is 0.960 bits per heavy atom. The van der Waals surface area contributed by atoms with E-state index in [1.54, 1.807) is 6.92 Å². The third-order valence-electron chi connectivity index (χ3n) is 5.54. The molecule has 0 aromatic rings. The first-order valence-corrected chi connectivity index (χ1v) is 9.62. The Morgan fingerprint density at radius 2 is 1.60 bits per heavy atom. The topological polar surface area (TPSA) is 61.8 Å². The number of rotatable bonds is 4. The fraction of sp³-hybridized carbons (Fsp3) is 0.700. The van der Waals surface area contributed by atoms with E-state index in [4.69, 9.17) is 14.5 Å². The smallest absolute Gasteiger partial charge is 0.389 e. The molecule has 0 radical (unpaired) electrons. The summed E-state index contributed by atoms with van der Waals surface area (Å²) in [4.78, 5) is 33.7. The summed E-state index contributed by atoms with van der Waals surface area (Å²) >= 11 is 0. The molecule has 3 aliphatic rings. The van der Waals surface area contributed by atoms with Gasteiger partial charge in [0.15, 0.2) is 0 Å². The molecule has 1 heterocycles. The lowest BCUT2D eigenvalue weighted by Crippen LogP contribution is -2.29. The molecular weight excluding hydrogens is 320 g/mol. The van der Waals surface area contributed by atoms with Crippen molar-refractivity contribution in [3.05, 3.63) is 23.0 Å². The summed E-state index contributed by atoms with van der Waals surface area (Å²) in [6, 6.07) is 0. The molecule has 0 aromatic carbocycles. The molecule has 0 N–H and O–H groups in total. The van der Waals surface area contributed by atoms with Crippen molar-refractivity contribution in [3.63, 3.8) is 0 Å². The Kier molecular flexibility index (Phi) is 6.16. The van der Waals surface area contributed by atoms with Gasteiger partial charge in [0.2, 0.25) is 0 Å². The highest BCUT2D eigenvalue weighted by molar-refractivity contribution is 5.92. The molecule has 0 saturated heterocycles. The number of ether oxygens (including phenoxy) is 1. The lowest BCUT2D eigenvalue weighted by Gasteiger charge is -2.31. The lowest BCUT2D eigenvalue weighted by molar-refractivity contribution is -0.253. The van der Waals surface area contributed by atoms with E-state index < -0.39 is 11.9 Å². The third-order valence-corrected chi connectivity index (χ3v) is 5.54. The van der Waals surface area contributed by atoms with E-state index in [2.05, 4.69) is 0 Å². The first-order valence-electron chi connectivity index (χ1n) is 9.62. The standard InChI is InChI=1S/C20H28O5/c1-14(12-15-8-4-2-5-9-15)19(21)24-25-20(22)17-13-23-18(17)16-10-6-3-7-11-16/h12,15-16H,2-11,13H2,1H3/b14-12+. The summed E-state index contributed by atoms with van der Waals surface area (Å²) in [5.74, 6) is 0.311. The van der Waals surface area contributed by atoms with Crippen molar-refractivity contribution in [2.24, 2.45) is 11.8 Å². The summed E-state index contributed by atoms with van der Waals surface area (Å²) in [7, 11) is 0. The van der Waals surface area contributed by atoms with Crippen LogP contribution < -0.4 is 0 Å². The van der Waals surface area contributed by atoms with Crippen molar-refractivity contribution in [2.45, 2.75) is 71.1 Å². The molecule has 0 bridgehead atoms. The molecule has 2 aliphatic carbocycles. The van der Waals surface area contributed by atoms with Gasteiger partial charge in [0.05, 0.1) is 0 Å². The molecule has 0 spiro atoms. The maximum Gasteiger partial charge on any atom is 0.389 e. The molecule has 0 amide bonds. The Bertz CT molecular complexity index is 563. The van der Waals surface area contributed by atoms with Crippen LogP contribution in [-0.4, -0.2) is 18.5 Å². The van der Waals surface area contributed by atoms with Crippen LogP contribution in [-0.2, 0) is 24.1 Å². The van der Waals surface area contributed by atoms with Gasteiger partial charge in [-0.15, -0.1) is 0 Å². The average Bonchev–Trinajstić information content (AvgIpc) is 2.60. The largest absolute Gasteiger partial charge is 0.492 e. The number of carbonyl (C=O) groups is 2. The molecule has 2 fully saturated rings. The van der Waals surface area contributed by atoms with E-state index in [0.717, 1.165) is 31.4 Å². The van der Waals surface area contributed by atoms with Crippen molar-refractivity contribution in [3.8, 4) is 0 Å². The molecule has 2 saturated carbocycles. The highest BCUT2D eigenvalue weighted by Crippen LogP contribution is 2.36. The molecule has 0 unspecified atom stereocenters. The van der Waals surface area contributed by atoms with E-state index in [1.165, 1.54) is 38.5 Å². The van der Waals surface area contributed by atoms with Crippen molar-refractivity contribution in [1.29, 1.82) is 0 Å². The zero-order valence-electron chi connectivity index (χ0n) is 15.1. The summed E-state index contributed by atoms with van der Waals surface area (Å²) in [5, 5.41) is 0. The van der Waals surface area contributed by atoms with Crippen LogP contribution in [0.5, 0.6) is 0 Å². The molecular formula is C20H28O5. The Hall–Kier alpha value is -1.78. The normalized spacial score (nSPS) is 22.8. The summed E-state index contributed by atoms with van der Waals surface area (Å²) in [6.45, 7) is 1.96. The van der Waals surface area contributed by atoms with Crippen molar-refractivity contribution < 1.29 is 24.1 Å². The SMILES string of the molecule is C/C(=C\C1CCCCC1)C(=O)OOC(=O)C1=C(C2CCCCC2)OC1. The zero-order valence-corrected chi connectivity index (χ0v) is 15.1. The maximum absolute atomic E-state index is 12.1. The van der Waals surface area contributed by atoms with Crippen LogP contribution in [0.1, 0.15) is 71.1 Å². The summed E-state index contributed by atoms with van der Waals surface area (Å²) < 4.78 is 5.49. The monoisotopic (exact) mass is 348 g/mol. The molecule has 1 aliphatic heterocycles. The van der Waals surface area contributed by atoms with Gasteiger partial charge in [-0.25, -0.2) is 19.4 Å². The van der Waals surface area contributed by atoms with Crippen molar-refractivity contribution in [2.75, 3.05) is 6.61 Å². The van der Waals surface area contributed by atoms with Gasteiger partial charge in [-0.05, 0) is 38.5 Å². The molecule has 25 heavy (non-hydrogen) atoms. The van der Waals surface area contributed by atoms with Gasteiger partial charge in [0.1, 0.15) is 17.9 Å². The Morgan fingerprint density at radius 3 is 2.20 bits per heavy atom. The third kappa shape index (κ3) is 4.65. The minimum absolute atomic E-state index is 0.249. The zero-order chi connectivity index (χ0) is 17.6. The lowest BCUT2D eigenvalue weighted by atomic mass is 9.85. The summed E-state index contributed by atoms with van der Waals surface area (Å²) in [6.07, 6.45) is 13.5. The highest BCUT2D eigenvalue weighted by Gasteiger charge is 2.34. The Balaban J connectivity index is 1.49. The predicted molar refractivity (Wildman–Crippen MR) is 92.1 cm³/mol. The van der Waals surface area contributed by atoms with Crippen molar-refractivity contribution >= 4 is 11.9 Å². The maximum atomic E-state index is 12.1. The van der Waals surface area contributed by atoms with Gasteiger partial charge < -0.3 is 4.74 Å². The predicted octanol–water partition coefficient (Wildman–Crippen LogP) is 4.38. The van der Waals surface area contributed by atoms with Crippen molar-refractivity contribution in [1.82, 2.24) is 0 Å². The fourth-order valence-electron chi connectivity index (χ4n) is 4.03. The van der Waals surface area contributed by atoms with Crippen LogP contribution in [0, 0.1) is 11.8 Å². The molecule has 0 atom stereocenters. The molecule has 138 valence electrons. The minimum Gasteiger partial charge on any atom is -0.492 e. The molecule has 5 heteroatoms. The fourth-order valence-corrected chi connectivity index (χ4v) is 4.03. The Labute approximate surface area is 149 Å². The number of carbonyl (C=O) groups excluding carboxylic acids is 2. The van der Waals surface area contributed by atoms with Crippen LogP contribution in [0.25, 0.3) is 0 Å². The van der Waals surface area contributed by atoms with Crippen LogP contribution >= 0.6 is 0 Å². The van der Waals surface area contributed by atoms with Gasteiger partial charge in [0.25, 0.3) is 0 Å². The van der Waals surface area contributed by atoms with Gasteiger partial charge in [0, 0.05) is 11.5 Å². The van der Waals surface area contributed by atoms with E-state index in [1.807, 2.05) is 6.08 Å². The highest BCUT2D eigenvalue weighted by atomic mass is 17.2. The first kappa shape index (κ1) is 18.0. The molecule has 5 nitrogen and oxygen atoms in total. The molecule has 3 rings (SSSR count). The number of allylic oxidation sites excluding steroid dienone is 2. The average molecular weight is 348 g/mol. The second-order valence-corrected chi connectivity index (χ2v) is 7.46. The number of hydrogen-bond acceptors (Lipinski definition) is 5. The second-order valence-electron chi connectivity index (χ2n) is 7.46. The van der Waals surface area contributed by atoms with E-state index in [-0.39, 0.29) is 6.61 Å². The van der Waals surface area contributed by atoms with Crippen LogP contribution in [0.15, 0.2) is 23.0 Å². The second kappa shape index (κ2) is 8.54. The van der Waals surface area contributed by atoms with E-state index in [9.17, 15) is 9.59 Å². The van der Waals surface area contributed by atoms with Gasteiger partial charge >= 0.3 is 11.9 Å². The number of hydrogen-bond donors (Lipinski definition) is 0.